The van der Waals surface area contributed by atoms with Gasteiger partial charge in [0.05, 0.1) is 6.20 Å². The molecule has 0 saturated carbocycles. The molecule has 0 amide bonds. The van der Waals surface area contributed by atoms with Crippen LogP contribution in [-0.2, 0) is 12.8 Å². The zero-order chi connectivity index (χ0) is 13.1. The minimum atomic E-state index is -1.06. The van der Waals surface area contributed by atoms with Crippen molar-refractivity contribution in [1.82, 2.24) is 25.0 Å². The van der Waals surface area contributed by atoms with Gasteiger partial charge in [0.2, 0.25) is 0 Å². The topological polar surface area (TPSA) is 93.8 Å². The lowest BCUT2D eigenvalue weighted by Crippen LogP contribution is -2.12. The van der Waals surface area contributed by atoms with Gasteiger partial charge in [0.25, 0.3) is 0 Å². The van der Waals surface area contributed by atoms with Crippen LogP contribution in [0.1, 0.15) is 35.9 Å². The summed E-state index contributed by atoms with van der Waals surface area (Å²) in [5.74, 6) is 0.480. The van der Waals surface area contributed by atoms with Crippen LogP contribution in [0, 0.1) is 0 Å². The highest BCUT2D eigenvalue weighted by atomic mass is 16.4. The third-order valence-corrected chi connectivity index (χ3v) is 2.48. The first-order chi connectivity index (χ1) is 8.67. The molecule has 0 fully saturated rings. The zero-order valence-electron chi connectivity index (χ0n) is 10.2. The molecule has 0 bridgehead atoms. The first-order valence-electron chi connectivity index (χ1n) is 5.67. The van der Waals surface area contributed by atoms with Crippen molar-refractivity contribution in [2.24, 2.45) is 0 Å². The van der Waals surface area contributed by atoms with Crippen molar-refractivity contribution in [2.45, 2.75) is 26.7 Å². The summed E-state index contributed by atoms with van der Waals surface area (Å²) in [4.78, 5) is 15.5. The van der Waals surface area contributed by atoms with Crippen LogP contribution >= 0.6 is 0 Å². The van der Waals surface area contributed by atoms with Gasteiger partial charge < -0.3 is 5.11 Å². The lowest BCUT2D eigenvalue weighted by molar-refractivity contribution is 0.0696. The molecule has 1 N–H and O–H groups in total. The van der Waals surface area contributed by atoms with Crippen molar-refractivity contribution < 1.29 is 9.90 Å². The average Bonchev–Trinajstić information content (AvgIpc) is 2.81. The van der Waals surface area contributed by atoms with E-state index in [0.29, 0.717) is 24.5 Å². The van der Waals surface area contributed by atoms with E-state index in [9.17, 15) is 4.79 Å². The van der Waals surface area contributed by atoms with E-state index in [4.69, 9.17) is 5.11 Å². The zero-order valence-corrected chi connectivity index (χ0v) is 10.2. The minimum Gasteiger partial charge on any atom is -0.478 e. The Morgan fingerprint density at radius 2 is 2.17 bits per heavy atom. The van der Waals surface area contributed by atoms with E-state index in [1.807, 2.05) is 13.8 Å². The maximum Gasteiger partial charge on any atom is 0.339 e. The van der Waals surface area contributed by atoms with E-state index in [0.717, 1.165) is 0 Å². The molecule has 18 heavy (non-hydrogen) atoms. The first kappa shape index (κ1) is 12.2. The normalized spacial score (nSPS) is 10.6. The fourth-order valence-corrected chi connectivity index (χ4v) is 1.59. The standard InChI is InChI=1S/C11H13N5O2/c1-3-8-13-9(4-2)16(15-8)10-7(11(17)18)5-6-12-14-10/h5-6H,3-4H2,1-2H3,(H,17,18). The summed E-state index contributed by atoms with van der Waals surface area (Å²) in [5, 5.41) is 20.9. The van der Waals surface area contributed by atoms with Crippen molar-refractivity contribution in [3.63, 3.8) is 0 Å². The molecule has 0 aliphatic carbocycles. The van der Waals surface area contributed by atoms with E-state index in [-0.39, 0.29) is 11.4 Å². The predicted molar refractivity (Wildman–Crippen MR) is 62.7 cm³/mol. The van der Waals surface area contributed by atoms with Crippen molar-refractivity contribution in [2.75, 3.05) is 0 Å². The van der Waals surface area contributed by atoms with Crippen molar-refractivity contribution in [1.29, 1.82) is 0 Å². The summed E-state index contributed by atoms with van der Waals surface area (Å²) in [6.07, 6.45) is 2.67. The average molecular weight is 247 g/mol. The molecule has 2 rings (SSSR count). The van der Waals surface area contributed by atoms with Crippen LogP contribution in [-0.4, -0.2) is 36.0 Å². The quantitative estimate of drug-likeness (QED) is 0.861. The number of rotatable bonds is 4. The molecule has 0 saturated heterocycles. The van der Waals surface area contributed by atoms with Crippen LogP contribution in [0.5, 0.6) is 0 Å². The van der Waals surface area contributed by atoms with Gasteiger partial charge in [-0.15, -0.1) is 10.2 Å². The maximum absolute atomic E-state index is 11.1. The van der Waals surface area contributed by atoms with Gasteiger partial charge in [0.1, 0.15) is 11.4 Å². The summed E-state index contributed by atoms with van der Waals surface area (Å²) in [7, 11) is 0. The Morgan fingerprint density at radius 3 is 2.78 bits per heavy atom. The molecular formula is C11H13N5O2. The Hall–Kier alpha value is -2.31. The highest BCUT2D eigenvalue weighted by molar-refractivity contribution is 5.90. The SMILES string of the molecule is CCc1nc(CC)n(-c2nnccc2C(=O)O)n1. The third kappa shape index (κ3) is 2.06. The second kappa shape index (κ2) is 4.91. The smallest absolute Gasteiger partial charge is 0.339 e. The van der Waals surface area contributed by atoms with Gasteiger partial charge in [-0.2, -0.15) is 9.78 Å². The van der Waals surface area contributed by atoms with Gasteiger partial charge >= 0.3 is 5.97 Å². The monoisotopic (exact) mass is 247 g/mol. The van der Waals surface area contributed by atoms with Crippen molar-refractivity contribution in [3.8, 4) is 5.82 Å². The predicted octanol–water partition coefficient (Wildman–Crippen LogP) is 0.880. The summed E-state index contributed by atoms with van der Waals surface area (Å²) in [5.41, 5.74) is 0.0623. The van der Waals surface area contributed by atoms with Crippen LogP contribution in [0.25, 0.3) is 5.82 Å². The molecular weight excluding hydrogens is 234 g/mol. The Bertz CT molecular complexity index is 579. The minimum absolute atomic E-state index is 0.0623. The number of hydrogen-bond donors (Lipinski definition) is 1. The van der Waals surface area contributed by atoms with E-state index < -0.39 is 5.97 Å². The first-order valence-corrected chi connectivity index (χ1v) is 5.67. The third-order valence-electron chi connectivity index (χ3n) is 2.48. The van der Waals surface area contributed by atoms with Crippen LogP contribution in [0.4, 0.5) is 0 Å². The second-order valence-corrected chi connectivity index (χ2v) is 3.64. The van der Waals surface area contributed by atoms with Gasteiger partial charge in [-0.05, 0) is 6.07 Å². The molecule has 2 aromatic rings. The molecule has 2 heterocycles. The van der Waals surface area contributed by atoms with Gasteiger partial charge in [0.15, 0.2) is 11.6 Å². The van der Waals surface area contributed by atoms with Crippen LogP contribution in [0.3, 0.4) is 0 Å². The largest absolute Gasteiger partial charge is 0.478 e. The van der Waals surface area contributed by atoms with Crippen LogP contribution < -0.4 is 0 Å². The fraction of sp³-hybridized carbons (Fsp3) is 0.364. The van der Waals surface area contributed by atoms with Crippen molar-refractivity contribution >= 4 is 5.97 Å². The molecule has 0 spiro atoms. The molecule has 94 valence electrons. The number of aromatic nitrogens is 5. The Morgan fingerprint density at radius 1 is 1.39 bits per heavy atom. The maximum atomic E-state index is 11.1. The highest BCUT2D eigenvalue weighted by Gasteiger charge is 2.17. The lowest BCUT2D eigenvalue weighted by Gasteiger charge is -2.05. The highest BCUT2D eigenvalue weighted by Crippen LogP contribution is 2.12. The second-order valence-electron chi connectivity index (χ2n) is 3.64. The van der Waals surface area contributed by atoms with E-state index in [1.54, 1.807) is 0 Å². The number of aryl methyl sites for hydroxylation is 2. The van der Waals surface area contributed by atoms with Gasteiger partial charge in [-0.25, -0.2) is 9.78 Å². The molecule has 0 atom stereocenters. The van der Waals surface area contributed by atoms with E-state index in [1.165, 1.54) is 16.9 Å². The molecule has 7 heteroatoms. The van der Waals surface area contributed by atoms with E-state index in [2.05, 4.69) is 20.3 Å². The van der Waals surface area contributed by atoms with Gasteiger partial charge in [0, 0.05) is 12.8 Å². The molecule has 0 aromatic carbocycles. The number of carboxylic acid groups (broad SMARTS) is 1. The molecule has 7 nitrogen and oxygen atoms in total. The number of nitrogens with zero attached hydrogens (tertiary/aromatic N) is 5. The fourth-order valence-electron chi connectivity index (χ4n) is 1.59. The Labute approximate surface area is 104 Å². The molecule has 0 aliphatic rings. The number of hydrogen-bond acceptors (Lipinski definition) is 5. The summed E-state index contributed by atoms with van der Waals surface area (Å²) >= 11 is 0. The summed E-state index contributed by atoms with van der Waals surface area (Å²) in [6, 6.07) is 1.40. The Balaban J connectivity index is 2.61. The molecule has 0 unspecified atom stereocenters. The number of aromatic carboxylic acids is 1. The van der Waals surface area contributed by atoms with Crippen LogP contribution in [0.15, 0.2) is 12.3 Å². The molecule has 0 radical (unpaired) electrons. The van der Waals surface area contributed by atoms with Crippen LogP contribution in [0.2, 0.25) is 0 Å². The van der Waals surface area contributed by atoms with Gasteiger partial charge in [-0.1, -0.05) is 13.8 Å². The van der Waals surface area contributed by atoms with Crippen molar-refractivity contribution in [3.05, 3.63) is 29.5 Å². The summed E-state index contributed by atoms with van der Waals surface area (Å²) < 4.78 is 1.45. The lowest BCUT2D eigenvalue weighted by atomic mass is 10.3. The Kier molecular flexibility index (Phi) is 3.31. The van der Waals surface area contributed by atoms with E-state index >= 15 is 0 Å². The van der Waals surface area contributed by atoms with Gasteiger partial charge in [-0.3, -0.25) is 0 Å². The molecule has 2 aromatic heterocycles. The number of carboxylic acids is 1. The molecule has 0 aliphatic heterocycles. The summed E-state index contributed by atoms with van der Waals surface area (Å²) in [6.45, 7) is 3.87. The number of carbonyl (C=O) groups is 1.